The van der Waals surface area contributed by atoms with Gasteiger partial charge in [0, 0.05) is 23.7 Å². The van der Waals surface area contributed by atoms with Crippen LogP contribution in [-0.4, -0.2) is 41.9 Å². The van der Waals surface area contributed by atoms with Gasteiger partial charge in [0.25, 0.3) is 5.91 Å². The van der Waals surface area contributed by atoms with Crippen LogP contribution in [0.15, 0.2) is 27.4 Å². The molecule has 1 fully saturated rings. The third kappa shape index (κ3) is 4.90. The van der Waals surface area contributed by atoms with Crippen LogP contribution in [0.1, 0.15) is 10.6 Å². The molecule has 0 aliphatic carbocycles. The molecule has 0 spiro atoms. The Morgan fingerprint density at radius 2 is 2.25 bits per heavy atom. The lowest BCUT2D eigenvalue weighted by Crippen LogP contribution is -2.45. The average Bonchev–Trinajstić information content (AvgIpc) is 2.96. The quantitative estimate of drug-likeness (QED) is 0.841. The number of hydrogen-bond acceptors (Lipinski definition) is 7. The van der Waals surface area contributed by atoms with Crippen molar-refractivity contribution >= 4 is 47.1 Å². The predicted octanol–water partition coefficient (Wildman–Crippen LogP) is 2.65. The largest absolute Gasteiger partial charge is 0.366 e. The predicted molar refractivity (Wildman–Crippen MR) is 98.4 cm³/mol. The fourth-order valence-corrected chi connectivity index (χ4v) is 4.10. The highest BCUT2D eigenvalue weighted by Crippen LogP contribution is 2.32. The Morgan fingerprint density at radius 1 is 1.42 bits per heavy atom. The fraction of sp³-hybridized carbons (Fsp3) is 0.400. The Kier molecular flexibility index (Phi) is 7.00. The Bertz CT molecular complexity index is 705. The molecule has 2 aromatic rings. The van der Waals surface area contributed by atoms with Crippen LogP contribution in [0.2, 0.25) is 0 Å². The molecule has 0 saturated carbocycles. The first kappa shape index (κ1) is 19.1. The molecule has 1 aliphatic heterocycles. The van der Waals surface area contributed by atoms with Gasteiger partial charge in [0.2, 0.25) is 0 Å². The van der Waals surface area contributed by atoms with Gasteiger partial charge in [-0.2, -0.15) is 0 Å². The zero-order chi connectivity index (χ0) is 16.2. The Hall–Kier alpha value is -1.19. The minimum absolute atomic E-state index is 0. The number of nitrogens with one attached hydrogen (secondary N) is 2. The molecule has 1 unspecified atom stereocenters. The van der Waals surface area contributed by atoms with E-state index in [2.05, 4.69) is 20.8 Å². The van der Waals surface area contributed by atoms with Crippen molar-refractivity contribution in [1.82, 2.24) is 15.5 Å². The average molecular weight is 387 g/mol. The Labute approximate surface area is 155 Å². The molecule has 1 aromatic heterocycles. The monoisotopic (exact) mass is 386 g/mol. The van der Waals surface area contributed by atoms with Crippen LogP contribution in [0.5, 0.6) is 0 Å². The van der Waals surface area contributed by atoms with Gasteiger partial charge >= 0.3 is 0 Å². The van der Waals surface area contributed by atoms with Gasteiger partial charge in [-0.3, -0.25) is 4.79 Å². The smallest absolute Gasteiger partial charge is 0.254 e. The highest BCUT2D eigenvalue weighted by molar-refractivity contribution is 8.01. The molecular weight excluding hydrogens is 368 g/mol. The van der Waals surface area contributed by atoms with Crippen LogP contribution in [0.25, 0.3) is 0 Å². The number of aryl methyl sites for hydroxylation is 2. The number of ether oxygens (including phenoxy) is 1. The van der Waals surface area contributed by atoms with E-state index in [4.69, 9.17) is 4.74 Å². The first-order chi connectivity index (χ1) is 11.1. The van der Waals surface area contributed by atoms with E-state index in [9.17, 15) is 4.79 Å². The molecule has 130 valence electrons. The van der Waals surface area contributed by atoms with E-state index < -0.39 is 6.10 Å². The lowest BCUT2D eigenvalue weighted by atomic mass is 10.2. The maximum absolute atomic E-state index is 12.2. The number of rotatable bonds is 4. The SMILES string of the molecule is Cc1nnc(Sc2ccc(NC(=O)C3CNCCO3)c(C)c2)s1.Cl. The molecule has 2 heterocycles. The number of anilines is 1. The van der Waals surface area contributed by atoms with E-state index in [1.165, 1.54) is 0 Å². The van der Waals surface area contributed by atoms with E-state index in [0.717, 1.165) is 32.0 Å². The topological polar surface area (TPSA) is 76.1 Å². The molecule has 3 rings (SSSR count). The molecule has 2 N–H and O–H groups in total. The number of amides is 1. The van der Waals surface area contributed by atoms with Crippen LogP contribution in [0.3, 0.4) is 0 Å². The zero-order valence-corrected chi connectivity index (χ0v) is 15.8. The number of benzene rings is 1. The molecule has 6 nitrogen and oxygen atoms in total. The summed E-state index contributed by atoms with van der Waals surface area (Å²) in [6.07, 6.45) is -0.429. The van der Waals surface area contributed by atoms with E-state index in [0.29, 0.717) is 13.2 Å². The molecule has 1 amide bonds. The number of morpholine rings is 1. The molecule has 1 aromatic carbocycles. The Morgan fingerprint density at radius 3 is 2.88 bits per heavy atom. The highest BCUT2D eigenvalue weighted by Gasteiger charge is 2.22. The van der Waals surface area contributed by atoms with E-state index in [1.807, 2.05) is 32.0 Å². The molecule has 0 bridgehead atoms. The Balaban J connectivity index is 0.00000208. The molecule has 1 atom stereocenters. The van der Waals surface area contributed by atoms with Crippen molar-refractivity contribution in [2.24, 2.45) is 0 Å². The second-order valence-corrected chi connectivity index (χ2v) is 7.72. The molecular formula is C15H19ClN4O2S2. The first-order valence-corrected chi connectivity index (χ1v) is 8.97. The van der Waals surface area contributed by atoms with Crippen molar-refractivity contribution in [3.8, 4) is 0 Å². The van der Waals surface area contributed by atoms with Crippen LogP contribution in [-0.2, 0) is 9.53 Å². The third-order valence-electron chi connectivity index (χ3n) is 3.39. The van der Waals surface area contributed by atoms with Gasteiger partial charge in [-0.25, -0.2) is 0 Å². The van der Waals surface area contributed by atoms with Crippen molar-refractivity contribution in [3.63, 3.8) is 0 Å². The number of carbonyl (C=O) groups is 1. The summed E-state index contributed by atoms with van der Waals surface area (Å²) in [5.41, 5.74) is 1.82. The van der Waals surface area contributed by atoms with Gasteiger partial charge in [-0.1, -0.05) is 23.1 Å². The lowest BCUT2D eigenvalue weighted by molar-refractivity contribution is -0.128. The lowest BCUT2D eigenvalue weighted by Gasteiger charge is -2.23. The van der Waals surface area contributed by atoms with Crippen LogP contribution in [0, 0.1) is 13.8 Å². The van der Waals surface area contributed by atoms with Gasteiger partial charge in [-0.15, -0.1) is 22.6 Å². The van der Waals surface area contributed by atoms with E-state index in [1.54, 1.807) is 23.1 Å². The summed E-state index contributed by atoms with van der Waals surface area (Å²) in [5.74, 6) is -0.111. The van der Waals surface area contributed by atoms with Gasteiger partial charge in [0.15, 0.2) is 4.34 Å². The molecule has 9 heteroatoms. The maximum atomic E-state index is 12.2. The second kappa shape index (κ2) is 8.77. The molecule has 1 aliphatic rings. The summed E-state index contributed by atoms with van der Waals surface area (Å²) in [6.45, 7) is 5.82. The fourth-order valence-electron chi connectivity index (χ4n) is 2.21. The van der Waals surface area contributed by atoms with Crippen LogP contribution >= 0.6 is 35.5 Å². The van der Waals surface area contributed by atoms with Crippen LogP contribution in [0.4, 0.5) is 5.69 Å². The summed E-state index contributed by atoms with van der Waals surface area (Å²) < 4.78 is 6.38. The van der Waals surface area contributed by atoms with Crippen molar-refractivity contribution in [1.29, 1.82) is 0 Å². The molecule has 24 heavy (non-hydrogen) atoms. The maximum Gasteiger partial charge on any atom is 0.254 e. The van der Waals surface area contributed by atoms with Crippen LogP contribution < -0.4 is 10.6 Å². The summed E-state index contributed by atoms with van der Waals surface area (Å²) in [4.78, 5) is 13.3. The number of nitrogens with zero attached hydrogens (tertiary/aromatic N) is 2. The number of hydrogen-bond donors (Lipinski definition) is 2. The summed E-state index contributed by atoms with van der Waals surface area (Å²) in [5, 5.41) is 15.2. The minimum Gasteiger partial charge on any atom is -0.366 e. The normalized spacial score (nSPS) is 17.2. The van der Waals surface area contributed by atoms with Crippen molar-refractivity contribution in [2.75, 3.05) is 25.0 Å². The van der Waals surface area contributed by atoms with Gasteiger partial charge in [-0.05, 0) is 37.6 Å². The number of halogens is 1. The summed E-state index contributed by atoms with van der Waals surface area (Å²) in [6, 6.07) is 5.93. The van der Waals surface area contributed by atoms with E-state index in [-0.39, 0.29) is 18.3 Å². The zero-order valence-electron chi connectivity index (χ0n) is 13.4. The van der Waals surface area contributed by atoms with Gasteiger partial charge < -0.3 is 15.4 Å². The summed E-state index contributed by atoms with van der Waals surface area (Å²) in [7, 11) is 0. The number of carbonyl (C=O) groups excluding carboxylic acids is 1. The third-order valence-corrected chi connectivity index (χ3v) is 5.27. The van der Waals surface area contributed by atoms with Crippen molar-refractivity contribution in [2.45, 2.75) is 29.2 Å². The minimum atomic E-state index is -0.429. The molecule has 1 saturated heterocycles. The highest BCUT2D eigenvalue weighted by atomic mass is 35.5. The second-order valence-electron chi connectivity index (χ2n) is 5.22. The molecule has 0 radical (unpaired) electrons. The van der Waals surface area contributed by atoms with Crippen molar-refractivity contribution < 1.29 is 9.53 Å². The van der Waals surface area contributed by atoms with Crippen molar-refractivity contribution in [3.05, 3.63) is 28.8 Å². The standard InChI is InChI=1S/C15H18N4O2S2.ClH/c1-9-7-11(23-15-19-18-10(2)22-15)3-4-12(9)17-14(20)13-8-16-5-6-21-13;/h3-4,7,13,16H,5-6,8H2,1-2H3,(H,17,20);1H. The van der Waals surface area contributed by atoms with E-state index >= 15 is 0 Å². The van der Waals surface area contributed by atoms with Gasteiger partial charge in [0.1, 0.15) is 11.1 Å². The first-order valence-electron chi connectivity index (χ1n) is 7.33. The number of aromatic nitrogens is 2. The van der Waals surface area contributed by atoms with Gasteiger partial charge in [0.05, 0.1) is 6.61 Å². The summed E-state index contributed by atoms with van der Waals surface area (Å²) >= 11 is 3.15.